The lowest BCUT2D eigenvalue weighted by atomic mass is 10.1. The molecule has 1 aliphatic rings. The highest BCUT2D eigenvalue weighted by Crippen LogP contribution is 2.32. The molecule has 1 saturated heterocycles. The first-order chi connectivity index (χ1) is 14.5. The molecule has 3 rings (SSSR count). The third-order valence-corrected chi connectivity index (χ3v) is 7.25. The van der Waals surface area contributed by atoms with Gasteiger partial charge in [0.15, 0.2) is 0 Å². The minimum Gasteiger partial charge on any atom is -0.465 e. The maximum Gasteiger partial charge on any atom is 0.248 e. The van der Waals surface area contributed by atoms with Gasteiger partial charge in [-0.05, 0) is 55.7 Å². The van der Waals surface area contributed by atoms with Gasteiger partial charge in [-0.15, -0.1) is 0 Å². The molecule has 0 radical (unpaired) electrons. The molecule has 1 aromatic heterocycles. The number of carbonyl (C=O) groups is 1. The summed E-state index contributed by atoms with van der Waals surface area (Å²) in [5.74, 6) is 0.223. The summed E-state index contributed by atoms with van der Waals surface area (Å²) in [7, 11) is -3.62. The standard InChI is InChI=1S/C22H29N3O4S/c1-3-25(4-2)30(27,28)19-11-12-21(24-14-6-5-7-15-24)20(17-19)23-22(26)13-10-18-9-8-16-29-18/h8-13,16-17H,3-7,14-15H2,1-2H3,(H,23,26)/b13-10+. The summed E-state index contributed by atoms with van der Waals surface area (Å²) in [6.07, 6.45) is 7.82. The number of anilines is 2. The zero-order valence-electron chi connectivity index (χ0n) is 17.5. The minimum absolute atomic E-state index is 0.178. The first-order valence-electron chi connectivity index (χ1n) is 10.4. The van der Waals surface area contributed by atoms with E-state index >= 15 is 0 Å². The van der Waals surface area contributed by atoms with Crippen LogP contribution in [0.1, 0.15) is 38.9 Å². The van der Waals surface area contributed by atoms with Gasteiger partial charge in [-0.25, -0.2) is 8.42 Å². The molecule has 1 aliphatic heterocycles. The molecule has 1 aromatic carbocycles. The van der Waals surface area contributed by atoms with E-state index in [4.69, 9.17) is 4.42 Å². The number of piperidine rings is 1. The highest BCUT2D eigenvalue weighted by molar-refractivity contribution is 7.89. The van der Waals surface area contributed by atoms with Crippen LogP contribution >= 0.6 is 0 Å². The van der Waals surface area contributed by atoms with E-state index in [1.807, 2.05) is 13.8 Å². The van der Waals surface area contributed by atoms with Crippen molar-refractivity contribution in [1.29, 1.82) is 0 Å². The Morgan fingerprint density at radius 1 is 1.17 bits per heavy atom. The van der Waals surface area contributed by atoms with Crippen LogP contribution in [-0.4, -0.2) is 44.8 Å². The number of sulfonamides is 1. The van der Waals surface area contributed by atoms with Crippen molar-refractivity contribution in [1.82, 2.24) is 4.31 Å². The smallest absolute Gasteiger partial charge is 0.248 e. The summed E-state index contributed by atoms with van der Waals surface area (Å²) in [5, 5.41) is 2.87. The molecule has 1 fully saturated rings. The van der Waals surface area contributed by atoms with Crippen molar-refractivity contribution in [2.75, 3.05) is 36.4 Å². The number of furan rings is 1. The molecule has 0 unspecified atom stereocenters. The van der Waals surface area contributed by atoms with E-state index in [0.29, 0.717) is 24.5 Å². The van der Waals surface area contributed by atoms with Crippen LogP contribution in [0.2, 0.25) is 0 Å². The molecule has 1 N–H and O–H groups in total. The minimum atomic E-state index is -3.62. The van der Waals surface area contributed by atoms with Crippen molar-refractivity contribution < 1.29 is 17.6 Å². The number of hydrogen-bond acceptors (Lipinski definition) is 5. The summed E-state index contributed by atoms with van der Waals surface area (Å²) in [4.78, 5) is 14.9. The van der Waals surface area contributed by atoms with Gasteiger partial charge in [0, 0.05) is 32.3 Å². The normalized spacial score (nSPS) is 15.1. The predicted octanol–water partition coefficient (Wildman–Crippen LogP) is 3.95. The molecule has 0 aliphatic carbocycles. The second kappa shape index (κ2) is 9.95. The summed E-state index contributed by atoms with van der Waals surface area (Å²) < 4.78 is 32.6. The van der Waals surface area contributed by atoms with Gasteiger partial charge in [-0.1, -0.05) is 13.8 Å². The fourth-order valence-electron chi connectivity index (χ4n) is 3.62. The molecule has 7 nitrogen and oxygen atoms in total. The van der Waals surface area contributed by atoms with Crippen LogP contribution in [0.3, 0.4) is 0 Å². The van der Waals surface area contributed by atoms with Crippen molar-refractivity contribution >= 4 is 33.4 Å². The van der Waals surface area contributed by atoms with Gasteiger partial charge >= 0.3 is 0 Å². The molecule has 1 amide bonds. The lowest BCUT2D eigenvalue weighted by molar-refractivity contribution is -0.111. The average Bonchev–Trinajstić information content (AvgIpc) is 3.27. The van der Waals surface area contributed by atoms with Gasteiger partial charge in [0.05, 0.1) is 22.5 Å². The van der Waals surface area contributed by atoms with Gasteiger partial charge < -0.3 is 14.6 Å². The van der Waals surface area contributed by atoms with E-state index in [1.165, 1.54) is 23.1 Å². The zero-order chi connectivity index (χ0) is 21.6. The van der Waals surface area contributed by atoms with Crippen LogP contribution in [-0.2, 0) is 14.8 Å². The van der Waals surface area contributed by atoms with Gasteiger partial charge in [-0.3, -0.25) is 4.79 Å². The quantitative estimate of drug-likeness (QED) is 0.640. The first-order valence-corrected chi connectivity index (χ1v) is 11.8. The van der Waals surface area contributed by atoms with Crippen LogP contribution in [0.15, 0.2) is 52.0 Å². The number of carbonyl (C=O) groups excluding carboxylic acids is 1. The van der Waals surface area contributed by atoms with E-state index in [-0.39, 0.29) is 10.8 Å². The Morgan fingerprint density at radius 2 is 1.90 bits per heavy atom. The van der Waals surface area contributed by atoms with E-state index in [0.717, 1.165) is 31.6 Å². The van der Waals surface area contributed by atoms with Crippen LogP contribution in [0.4, 0.5) is 11.4 Å². The van der Waals surface area contributed by atoms with Crippen molar-refractivity contribution in [3.63, 3.8) is 0 Å². The third kappa shape index (κ3) is 5.12. The van der Waals surface area contributed by atoms with Crippen LogP contribution in [0.5, 0.6) is 0 Å². The lowest BCUT2D eigenvalue weighted by Crippen LogP contribution is -2.32. The van der Waals surface area contributed by atoms with Crippen molar-refractivity contribution in [2.45, 2.75) is 38.0 Å². The summed E-state index contributed by atoms with van der Waals surface area (Å²) in [5.41, 5.74) is 1.34. The molecule has 0 saturated carbocycles. The second-order valence-electron chi connectivity index (χ2n) is 7.15. The van der Waals surface area contributed by atoms with Gasteiger partial charge in [-0.2, -0.15) is 4.31 Å². The number of nitrogens with zero attached hydrogens (tertiary/aromatic N) is 2. The summed E-state index contributed by atoms with van der Waals surface area (Å²) >= 11 is 0. The molecule has 8 heteroatoms. The average molecular weight is 432 g/mol. The molecule has 0 atom stereocenters. The van der Waals surface area contributed by atoms with Gasteiger partial charge in [0.1, 0.15) is 5.76 Å². The van der Waals surface area contributed by atoms with E-state index in [2.05, 4.69) is 10.2 Å². The number of hydrogen-bond donors (Lipinski definition) is 1. The van der Waals surface area contributed by atoms with Crippen LogP contribution in [0, 0.1) is 0 Å². The Labute approximate surface area is 178 Å². The maximum atomic E-state index is 13.0. The van der Waals surface area contributed by atoms with E-state index in [9.17, 15) is 13.2 Å². The molecule has 30 heavy (non-hydrogen) atoms. The lowest BCUT2D eigenvalue weighted by Gasteiger charge is -2.31. The number of nitrogens with one attached hydrogen (secondary N) is 1. The Morgan fingerprint density at radius 3 is 2.53 bits per heavy atom. The Balaban J connectivity index is 1.92. The molecular weight excluding hydrogens is 402 g/mol. The number of benzene rings is 1. The highest BCUT2D eigenvalue weighted by Gasteiger charge is 2.24. The summed E-state index contributed by atoms with van der Waals surface area (Å²) in [6.45, 7) is 6.16. The molecule has 0 bridgehead atoms. The highest BCUT2D eigenvalue weighted by atomic mass is 32.2. The van der Waals surface area contributed by atoms with Gasteiger partial charge in [0.2, 0.25) is 15.9 Å². The third-order valence-electron chi connectivity index (χ3n) is 5.21. The van der Waals surface area contributed by atoms with E-state index in [1.54, 1.807) is 36.4 Å². The van der Waals surface area contributed by atoms with Crippen molar-refractivity contribution in [3.05, 3.63) is 48.4 Å². The Hall–Kier alpha value is -2.58. The molecular formula is C22H29N3O4S. The number of amides is 1. The fourth-order valence-corrected chi connectivity index (χ4v) is 5.10. The monoisotopic (exact) mass is 431 g/mol. The molecule has 2 aromatic rings. The van der Waals surface area contributed by atoms with E-state index < -0.39 is 10.0 Å². The second-order valence-corrected chi connectivity index (χ2v) is 9.09. The molecule has 162 valence electrons. The topological polar surface area (TPSA) is 82.9 Å². The van der Waals surface area contributed by atoms with Crippen molar-refractivity contribution in [3.8, 4) is 0 Å². The predicted molar refractivity (Wildman–Crippen MR) is 119 cm³/mol. The van der Waals surface area contributed by atoms with Crippen molar-refractivity contribution in [2.24, 2.45) is 0 Å². The summed E-state index contributed by atoms with van der Waals surface area (Å²) in [6, 6.07) is 8.49. The van der Waals surface area contributed by atoms with Crippen LogP contribution in [0.25, 0.3) is 6.08 Å². The molecule has 2 heterocycles. The fraction of sp³-hybridized carbons (Fsp3) is 0.409. The Bertz CT molecular complexity index is 974. The molecule has 0 spiro atoms. The number of rotatable bonds is 8. The van der Waals surface area contributed by atoms with Gasteiger partial charge in [0.25, 0.3) is 0 Å². The maximum absolute atomic E-state index is 13.0. The Kier molecular flexibility index (Phi) is 7.33. The van der Waals surface area contributed by atoms with Crippen LogP contribution < -0.4 is 10.2 Å². The SMILES string of the molecule is CCN(CC)S(=O)(=O)c1ccc(N2CCCCC2)c(NC(=O)/C=C/c2ccco2)c1. The largest absolute Gasteiger partial charge is 0.465 e. The first kappa shape index (κ1) is 22.1. The zero-order valence-corrected chi connectivity index (χ0v) is 18.3.